The van der Waals surface area contributed by atoms with Crippen LogP contribution in [0.25, 0.3) is 11.4 Å². The third kappa shape index (κ3) is 4.08. The normalized spacial score (nSPS) is 11.4. The van der Waals surface area contributed by atoms with Crippen LogP contribution in [0.2, 0.25) is 0 Å². The lowest BCUT2D eigenvalue weighted by molar-refractivity contribution is 0.340. The molecule has 0 aliphatic heterocycles. The molecule has 0 amide bonds. The Morgan fingerprint density at radius 2 is 2.00 bits per heavy atom. The van der Waals surface area contributed by atoms with Crippen molar-refractivity contribution in [2.75, 3.05) is 6.61 Å². The molecule has 6 heteroatoms. The molecule has 0 bridgehead atoms. The van der Waals surface area contributed by atoms with Gasteiger partial charge in [0.2, 0.25) is 4.77 Å². The standard InChI is InChI=1S/C20H22N4OS/c1-4-25-18-7-5-6-17(12-18)19-22-23-20(26)24(19)21-13-15-8-10-16(11-9-15)14(2)3/h5-14H,4H2,1-3H3,(H,23,26)/b21-13+. The van der Waals surface area contributed by atoms with Crippen molar-refractivity contribution in [3.63, 3.8) is 0 Å². The van der Waals surface area contributed by atoms with E-state index >= 15 is 0 Å². The number of H-pyrrole nitrogens is 1. The van der Waals surface area contributed by atoms with Crippen LogP contribution in [0.5, 0.6) is 5.75 Å². The van der Waals surface area contributed by atoms with Crippen LogP contribution in [-0.4, -0.2) is 27.7 Å². The zero-order valence-electron chi connectivity index (χ0n) is 15.1. The Labute approximate surface area is 158 Å². The Balaban J connectivity index is 1.91. The van der Waals surface area contributed by atoms with Crippen LogP contribution in [-0.2, 0) is 0 Å². The summed E-state index contributed by atoms with van der Waals surface area (Å²) in [6, 6.07) is 16.1. The van der Waals surface area contributed by atoms with Gasteiger partial charge in [-0.2, -0.15) is 14.9 Å². The topological polar surface area (TPSA) is 55.2 Å². The van der Waals surface area contributed by atoms with Gasteiger partial charge in [0.1, 0.15) is 5.75 Å². The number of aromatic nitrogens is 3. The van der Waals surface area contributed by atoms with Crippen molar-refractivity contribution in [2.24, 2.45) is 5.10 Å². The van der Waals surface area contributed by atoms with Crippen molar-refractivity contribution in [3.8, 4) is 17.1 Å². The molecule has 0 radical (unpaired) electrons. The maximum atomic E-state index is 5.56. The molecule has 0 saturated carbocycles. The van der Waals surface area contributed by atoms with Crippen LogP contribution in [0.1, 0.15) is 37.8 Å². The molecule has 0 saturated heterocycles. The first-order valence-corrected chi connectivity index (χ1v) is 9.04. The van der Waals surface area contributed by atoms with E-state index in [1.807, 2.05) is 31.2 Å². The summed E-state index contributed by atoms with van der Waals surface area (Å²) in [4.78, 5) is 0. The molecule has 0 aliphatic carbocycles. The number of hydrogen-bond donors (Lipinski definition) is 1. The molecule has 134 valence electrons. The monoisotopic (exact) mass is 366 g/mol. The first kappa shape index (κ1) is 18.1. The Hall–Kier alpha value is -2.73. The third-order valence-corrected chi connectivity index (χ3v) is 4.24. The van der Waals surface area contributed by atoms with Gasteiger partial charge in [-0.25, -0.2) is 5.10 Å². The summed E-state index contributed by atoms with van der Waals surface area (Å²) in [5.74, 6) is 1.94. The van der Waals surface area contributed by atoms with Crippen molar-refractivity contribution in [1.82, 2.24) is 14.9 Å². The van der Waals surface area contributed by atoms with Gasteiger partial charge >= 0.3 is 0 Å². The number of nitrogens with one attached hydrogen (secondary N) is 1. The van der Waals surface area contributed by atoms with Gasteiger partial charge in [0.15, 0.2) is 5.82 Å². The summed E-state index contributed by atoms with van der Waals surface area (Å²) in [6.07, 6.45) is 1.78. The van der Waals surface area contributed by atoms with E-state index in [4.69, 9.17) is 17.0 Å². The summed E-state index contributed by atoms with van der Waals surface area (Å²) in [7, 11) is 0. The number of benzene rings is 2. The van der Waals surface area contributed by atoms with Gasteiger partial charge in [0.05, 0.1) is 12.8 Å². The van der Waals surface area contributed by atoms with Gasteiger partial charge in [0, 0.05) is 5.56 Å². The number of aromatic amines is 1. The third-order valence-electron chi connectivity index (χ3n) is 3.98. The molecule has 0 atom stereocenters. The van der Waals surface area contributed by atoms with E-state index in [0.29, 0.717) is 23.1 Å². The maximum Gasteiger partial charge on any atom is 0.216 e. The summed E-state index contributed by atoms with van der Waals surface area (Å²) in [6.45, 7) is 6.92. The lowest BCUT2D eigenvalue weighted by atomic mass is 10.0. The number of ether oxygens (including phenoxy) is 1. The fourth-order valence-electron chi connectivity index (χ4n) is 2.57. The fourth-order valence-corrected chi connectivity index (χ4v) is 2.75. The van der Waals surface area contributed by atoms with Crippen LogP contribution >= 0.6 is 12.2 Å². The molecular weight excluding hydrogens is 344 g/mol. The highest BCUT2D eigenvalue weighted by molar-refractivity contribution is 7.71. The maximum absolute atomic E-state index is 5.56. The molecule has 3 rings (SSSR count). The van der Waals surface area contributed by atoms with E-state index in [1.165, 1.54) is 5.56 Å². The van der Waals surface area contributed by atoms with Gasteiger partial charge in [-0.1, -0.05) is 50.2 Å². The quantitative estimate of drug-likeness (QED) is 0.493. The highest BCUT2D eigenvalue weighted by atomic mass is 32.1. The first-order valence-electron chi connectivity index (χ1n) is 8.63. The molecule has 3 aromatic rings. The van der Waals surface area contributed by atoms with E-state index in [2.05, 4.69) is 53.4 Å². The van der Waals surface area contributed by atoms with Crippen LogP contribution in [0.3, 0.4) is 0 Å². The lowest BCUT2D eigenvalue weighted by Gasteiger charge is -2.06. The largest absolute Gasteiger partial charge is 0.494 e. The average Bonchev–Trinajstić information content (AvgIpc) is 3.01. The van der Waals surface area contributed by atoms with Gasteiger partial charge in [0.25, 0.3) is 0 Å². The number of hydrogen-bond acceptors (Lipinski definition) is 4. The predicted octanol–water partition coefficient (Wildman–Crippen LogP) is 5.01. The van der Waals surface area contributed by atoms with Gasteiger partial charge < -0.3 is 4.74 Å². The van der Waals surface area contributed by atoms with Crippen LogP contribution in [0.4, 0.5) is 0 Å². The summed E-state index contributed by atoms with van der Waals surface area (Å²) in [5, 5.41) is 11.6. The van der Waals surface area contributed by atoms with Crippen LogP contribution in [0, 0.1) is 4.77 Å². The van der Waals surface area contributed by atoms with E-state index in [-0.39, 0.29) is 0 Å². The van der Waals surface area contributed by atoms with Gasteiger partial charge in [-0.05, 0) is 48.3 Å². The van der Waals surface area contributed by atoms with Crippen molar-refractivity contribution in [3.05, 3.63) is 64.4 Å². The van der Waals surface area contributed by atoms with Crippen LogP contribution < -0.4 is 4.74 Å². The fraction of sp³-hybridized carbons (Fsp3) is 0.250. The average molecular weight is 366 g/mol. The highest BCUT2D eigenvalue weighted by Crippen LogP contribution is 2.22. The smallest absolute Gasteiger partial charge is 0.216 e. The zero-order valence-corrected chi connectivity index (χ0v) is 16.0. The minimum absolute atomic E-state index is 0.442. The molecule has 0 spiro atoms. The molecule has 2 aromatic carbocycles. The number of nitrogens with zero attached hydrogens (tertiary/aromatic N) is 3. The van der Waals surface area contributed by atoms with Crippen molar-refractivity contribution < 1.29 is 4.74 Å². The van der Waals surface area contributed by atoms with Crippen molar-refractivity contribution in [1.29, 1.82) is 0 Å². The van der Waals surface area contributed by atoms with E-state index in [0.717, 1.165) is 16.9 Å². The minimum Gasteiger partial charge on any atom is -0.494 e. The lowest BCUT2D eigenvalue weighted by Crippen LogP contribution is -1.96. The number of rotatable bonds is 6. The van der Waals surface area contributed by atoms with Crippen molar-refractivity contribution in [2.45, 2.75) is 26.7 Å². The Bertz CT molecular complexity index is 954. The van der Waals surface area contributed by atoms with Gasteiger partial charge in [-0.15, -0.1) is 0 Å². The molecule has 1 aromatic heterocycles. The molecule has 0 unspecified atom stereocenters. The molecule has 26 heavy (non-hydrogen) atoms. The SMILES string of the molecule is CCOc1cccc(-c2n[nH]c(=S)n2/N=C/c2ccc(C(C)C)cc2)c1. The highest BCUT2D eigenvalue weighted by Gasteiger charge is 2.09. The molecule has 0 fully saturated rings. The predicted molar refractivity (Wildman–Crippen MR) is 108 cm³/mol. The molecule has 0 aliphatic rings. The summed E-state index contributed by atoms with van der Waals surface area (Å²) < 4.78 is 7.63. The second-order valence-electron chi connectivity index (χ2n) is 6.19. The van der Waals surface area contributed by atoms with Crippen molar-refractivity contribution >= 4 is 18.4 Å². The molecular formula is C20H22N4OS. The second kappa shape index (κ2) is 8.10. The van der Waals surface area contributed by atoms with Gasteiger partial charge in [-0.3, -0.25) is 0 Å². The zero-order chi connectivity index (χ0) is 18.5. The van der Waals surface area contributed by atoms with E-state index in [9.17, 15) is 0 Å². The molecule has 5 nitrogen and oxygen atoms in total. The summed E-state index contributed by atoms with van der Waals surface area (Å²) in [5.41, 5.74) is 3.19. The van der Waals surface area contributed by atoms with E-state index < -0.39 is 0 Å². The Kier molecular flexibility index (Phi) is 5.63. The summed E-state index contributed by atoms with van der Waals surface area (Å²) >= 11 is 5.33. The molecule has 1 N–H and O–H groups in total. The Morgan fingerprint density at radius 1 is 1.23 bits per heavy atom. The van der Waals surface area contributed by atoms with E-state index in [1.54, 1.807) is 10.9 Å². The van der Waals surface area contributed by atoms with Crippen LogP contribution in [0.15, 0.2) is 53.6 Å². The molecule has 1 heterocycles. The minimum atomic E-state index is 0.442. The Morgan fingerprint density at radius 3 is 2.69 bits per heavy atom. The second-order valence-corrected chi connectivity index (χ2v) is 6.58. The first-order chi connectivity index (χ1) is 12.6.